The standard InChI is InChI=1S/C7H10ClN3O4S2/c1-3-6(8)4(16(10,12)13)2-5(7(3)9)17(11,14)15/h2H,9H2,1H3,(H2,10,12,13)(H2,11,14,15). The number of anilines is 1. The summed E-state index contributed by atoms with van der Waals surface area (Å²) in [5.41, 5.74) is 5.38. The third kappa shape index (κ3) is 2.69. The summed E-state index contributed by atoms with van der Waals surface area (Å²) in [4.78, 5) is -1.06. The molecule has 0 unspecified atom stereocenters. The van der Waals surface area contributed by atoms with Gasteiger partial charge in [0.1, 0.15) is 9.79 Å². The molecule has 6 N–H and O–H groups in total. The lowest BCUT2D eigenvalue weighted by Crippen LogP contribution is -2.19. The van der Waals surface area contributed by atoms with Crippen molar-refractivity contribution in [1.29, 1.82) is 0 Å². The molecular weight excluding hydrogens is 290 g/mol. The summed E-state index contributed by atoms with van der Waals surface area (Å²) in [5.74, 6) is 0. The van der Waals surface area contributed by atoms with Crippen LogP contribution in [0.1, 0.15) is 5.56 Å². The van der Waals surface area contributed by atoms with Gasteiger partial charge in [0, 0.05) is 0 Å². The van der Waals surface area contributed by atoms with Gasteiger partial charge < -0.3 is 5.73 Å². The fourth-order valence-corrected chi connectivity index (χ4v) is 3.17. The minimum Gasteiger partial charge on any atom is -0.397 e. The predicted molar refractivity (Wildman–Crippen MR) is 63.3 cm³/mol. The summed E-state index contributed by atoms with van der Waals surface area (Å²) in [5, 5.41) is 9.58. The molecule has 0 atom stereocenters. The Balaban J connectivity index is 3.88. The topological polar surface area (TPSA) is 146 Å². The van der Waals surface area contributed by atoms with Crippen LogP contribution < -0.4 is 16.0 Å². The van der Waals surface area contributed by atoms with Gasteiger partial charge in [-0.05, 0) is 18.6 Å². The summed E-state index contributed by atoms with van der Waals surface area (Å²) in [7, 11) is -8.32. The maximum atomic E-state index is 11.2. The van der Waals surface area contributed by atoms with Crippen LogP contribution in [0.5, 0.6) is 0 Å². The van der Waals surface area contributed by atoms with Gasteiger partial charge in [-0.2, -0.15) is 0 Å². The molecule has 0 spiro atoms. The van der Waals surface area contributed by atoms with Gasteiger partial charge in [-0.1, -0.05) is 11.6 Å². The molecule has 10 heteroatoms. The van der Waals surface area contributed by atoms with Crippen LogP contribution in [0.25, 0.3) is 0 Å². The fraction of sp³-hybridized carbons (Fsp3) is 0.143. The van der Waals surface area contributed by atoms with Crippen molar-refractivity contribution in [2.24, 2.45) is 10.3 Å². The van der Waals surface area contributed by atoms with E-state index in [0.717, 1.165) is 6.07 Å². The minimum absolute atomic E-state index is 0.0854. The van der Waals surface area contributed by atoms with Gasteiger partial charge in [0.2, 0.25) is 20.0 Å². The Bertz CT molecular complexity index is 625. The summed E-state index contributed by atoms with van der Waals surface area (Å²) in [6, 6.07) is 0.745. The molecule has 17 heavy (non-hydrogen) atoms. The van der Waals surface area contributed by atoms with E-state index in [4.69, 9.17) is 27.6 Å². The van der Waals surface area contributed by atoms with Crippen molar-refractivity contribution in [1.82, 2.24) is 0 Å². The van der Waals surface area contributed by atoms with E-state index < -0.39 is 29.8 Å². The van der Waals surface area contributed by atoms with Gasteiger partial charge in [0.05, 0.1) is 10.7 Å². The summed E-state index contributed by atoms with van der Waals surface area (Å²) in [6.07, 6.45) is 0. The Morgan fingerprint density at radius 1 is 1.06 bits per heavy atom. The Morgan fingerprint density at radius 2 is 1.47 bits per heavy atom. The Labute approximate surface area is 104 Å². The highest BCUT2D eigenvalue weighted by molar-refractivity contribution is 7.90. The molecule has 1 aromatic carbocycles. The summed E-state index contributed by atoms with van der Waals surface area (Å²) < 4.78 is 44.9. The quantitative estimate of drug-likeness (QED) is 0.631. The lowest BCUT2D eigenvalue weighted by atomic mass is 10.2. The van der Waals surface area contributed by atoms with E-state index >= 15 is 0 Å². The van der Waals surface area contributed by atoms with Gasteiger partial charge in [-0.3, -0.25) is 0 Å². The molecule has 7 nitrogen and oxygen atoms in total. The molecule has 0 fully saturated rings. The normalized spacial score (nSPS) is 12.7. The molecule has 0 aromatic heterocycles. The molecule has 96 valence electrons. The second kappa shape index (κ2) is 4.10. The highest BCUT2D eigenvalue weighted by atomic mass is 35.5. The number of nitrogen functional groups attached to an aromatic ring is 1. The van der Waals surface area contributed by atoms with Crippen molar-refractivity contribution in [3.05, 3.63) is 16.7 Å². The SMILES string of the molecule is Cc1c(N)c(S(N)(=O)=O)cc(S(N)(=O)=O)c1Cl. The van der Waals surface area contributed by atoms with Crippen LogP contribution in [0.4, 0.5) is 5.69 Å². The molecule has 0 amide bonds. The second-order valence-electron chi connectivity index (χ2n) is 3.32. The molecule has 0 saturated carbocycles. The maximum Gasteiger partial charge on any atom is 0.240 e. The van der Waals surface area contributed by atoms with Crippen molar-refractivity contribution in [3.63, 3.8) is 0 Å². The third-order valence-electron chi connectivity index (χ3n) is 2.09. The van der Waals surface area contributed by atoms with Crippen LogP contribution in [0.2, 0.25) is 5.02 Å². The Kier molecular flexibility index (Phi) is 3.43. The van der Waals surface area contributed by atoms with Crippen molar-refractivity contribution in [2.45, 2.75) is 16.7 Å². The van der Waals surface area contributed by atoms with Crippen LogP contribution in [0, 0.1) is 6.92 Å². The zero-order valence-electron chi connectivity index (χ0n) is 8.64. The molecular formula is C7H10ClN3O4S2. The first-order valence-electron chi connectivity index (χ1n) is 4.10. The number of hydrogen-bond acceptors (Lipinski definition) is 5. The molecule has 0 heterocycles. The van der Waals surface area contributed by atoms with Crippen LogP contribution in [0.15, 0.2) is 15.9 Å². The lowest BCUT2D eigenvalue weighted by Gasteiger charge is -2.11. The molecule has 0 aliphatic rings. The first-order valence-corrected chi connectivity index (χ1v) is 7.57. The molecule has 0 aliphatic heterocycles. The van der Waals surface area contributed by atoms with Crippen LogP contribution in [-0.4, -0.2) is 16.8 Å². The van der Waals surface area contributed by atoms with Crippen LogP contribution in [-0.2, 0) is 20.0 Å². The van der Waals surface area contributed by atoms with E-state index in [1.807, 2.05) is 0 Å². The Hall–Kier alpha value is -0.870. The number of rotatable bonds is 2. The second-order valence-corrected chi connectivity index (χ2v) is 6.75. The van der Waals surface area contributed by atoms with E-state index in [1.165, 1.54) is 6.92 Å². The van der Waals surface area contributed by atoms with Crippen molar-refractivity contribution >= 4 is 37.3 Å². The summed E-state index contributed by atoms with van der Waals surface area (Å²) in [6.45, 7) is 1.36. The van der Waals surface area contributed by atoms with Crippen LogP contribution >= 0.6 is 11.6 Å². The number of primary sulfonamides is 2. The molecule has 0 saturated heterocycles. The van der Waals surface area contributed by atoms with E-state index in [-0.39, 0.29) is 16.3 Å². The number of hydrogen-bond donors (Lipinski definition) is 3. The maximum absolute atomic E-state index is 11.2. The lowest BCUT2D eigenvalue weighted by molar-refractivity contribution is 0.596. The molecule has 0 bridgehead atoms. The number of sulfonamides is 2. The largest absolute Gasteiger partial charge is 0.397 e. The number of benzene rings is 1. The number of halogens is 1. The fourth-order valence-electron chi connectivity index (χ4n) is 1.19. The van der Waals surface area contributed by atoms with Gasteiger partial charge in [-0.15, -0.1) is 0 Å². The van der Waals surface area contributed by atoms with Gasteiger partial charge >= 0.3 is 0 Å². The van der Waals surface area contributed by atoms with Crippen molar-refractivity contribution < 1.29 is 16.8 Å². The zero-order chi connectivity index (χ0) is 13.6. The highest BCUT2D eigenvalue weighted by Crippen LogP contribution is 2.33. The smallest absolute Gasteiger partial charge is 0.240 e. The molecule has 1 rings (SSSR count). The molecule has 1 aromatic rings. The first-order chi connectivity index (χ1) is 7.46. The summed E-state index contributed by atoms with van der Waals surface area (Å²) >= 11 is 5.73. The van der Waals surface area contributed by atoms with Gasteiger partial charge in [0.25, 0.3) is 0 Å². The third-order valence-corrected chi connectivity index (χ3v) is 4.58. The zero-order valence-corrected chi connectivity index (χ0v) is 11.0. The Morgan fingerprint density at radius 3 is 1.82 bits per heavy atom. The van der Waals surface area contributed by atoms with Crippen molar-refractivity contribution in [2.75, 3.05) is 5.73 Å². The van der Waals surface area contributed by atoms with E-state index in [0.29, 0.717) is 0 Å². The predicted octanol–water partition coefficient (Wildman–Crippen LogP) is -0.475. The van der Waals surface area contributed by atoms with E-state index in [2.05, 4.69) is 0 Å². The minimum atomic E-state index is -4.16. The van der Waals surface area contributed by atoms with Crippen molar-refractivity contribution in [3.8, 4) is 0 Å². The monoisotopic (exact) mass is 299 g/mol. The van der Waals surface area contributed by atoms with E-state index in [9.17, 15) is 16.8 Å². The van der Waals surface area contributed by atoms with Crippen LogP contribution in [0.3, 0.4) is 0 Å². The van der Waals surface area contributed by atoms with Gasteiger partial charge in [-0.25, -0.2) is 27.1 Å². The van der Waals surface area contributed by atoms with Gasteiger partial charge in [0.15, 0.2) is 0 Å². The molecule has 0 aliphatic carbocycles. The average molecular weight is 300 g/mol. The molecule has 0 radical (unpaired) electrons. The number of nitrogens with two attached hydrogens (primary N) is 3. The van der Waals surface area contributed by atoms with E-state index in [1.54, 1.807) is 0 Å². The first kappa shape index (κ1) is 14.2. The highest BCUT2D eigenvalue weighted by Gasteiger charge is 2.23. The average Bonchev–Trinajstić information content (AvgIpc) is 2.10.